The third kappa shape index (κ3) is 3.39. The molecule has 1 radical (unpaired) electrons. The average Bonchev–Trinajstić information content (AvgIpc) is 2.28. The summed E-state index contributed by atoms with van der Waals surface area (Å²) in [7, 11) is 0. The molecule has 0 aliphatic carbocycles. The van der Waals surface area contributed by atoms with E-state index in [4.69, 9.17) is 16.3 Å². The molecule has 0 aliphatic rings. The smallest absolute Gasteiger partial charge is 0.206 e. The lowest BCUT2D eigenvalue weighted by molar-refractivity contribution is 0.0996. The molecule has 0 bridgehead atoms. The van der Waals surface area contributed by atoms with Crippen LogP contribution in [0.1, 0.15) is 16.8 Å². The minimum Gasteiger partial charge on any atom is -0.488 e. The molecule has 0 aliphatic heterocycles. The second-order valence-corrected chi connectivity index (χ2v) is 3.51. The van der Waals surface area contributed by atoms with E-state index >= 15 is 0 Å². The molecule has 0 atom stereocenters. The first-order valence-corrected chi connectivity index (χ1v) is 5.09. The molecular formula is C12H9ClFO3. The molecule has 0 fully saturated rings. The van der Waals surface area contributed by atoms with E-state index in [2.05, 4.69) is 6.58 Å². The highest BCUT2D eigenvalue weighted by atomic mass is 35.5. The number of ether oxygens (including phenoxy) is 1. The summed E-state index contributed by atoms with van der Waals surface area (Å²) in [5, 5.41) is 0.0518. The molecule has 1 aromatic carbocycles. The number of Topliss-reactive ketones (excluding diaryl/α,β-unsaturated/α-hetero) is 1. The molecule has 0 unspecified atom stereocenters. The maximum absolute atomic E-state index is 13.4. The van der Waals surface area contributed by atoms with Crippen molar-refractivity contribution in [2.24, 2.45) is 0 Å². The molecule has 0 spiro atoms. The van der Waals surface area contributed by atoms with Crippen LogP contribution in [0.4, 0.5) is 4.39 Å². The molecule has 3 nitrogen and oxygen atoms in total. The second kappa shape index (κ2) is 6.15. The van der Waals surface area contributed by atoms with Crippen LogP contribution in [0.2, 0.25) is 5.02 Å². The monoisotopic (exact) mass is 255 g/mol. The van der Waals surface area contributed by atoms with E-state index in [1.54, 1.807) is 0 Å². The summed E-state index contributed by atoms with van der Waals surface area (Å²) in [4.78, 5) is 21.5. The first-order chi connectivity index (χ1) is 8.10. The van der Waals surface area contributed by atoms with E-state index in [9.17, 15) is 14.0 Å². The zero-order valence-corrected chi connectivity index (χ0v) is 9.59. The van der Waals surface area contributed by atoms with Gasteiger partial charge in [0.15, 0.2) is 5.78 Å². The lowest BCUT2D eigenvalue weighted by Crippen LogP contribution is -2.04. The minimum absolute atomic E-state index is 0.0518. The minimum atomic E-state index is -0.791. The van der Waals surface area contributed by atoms with Crippen LogP contribution in [0.15, 0.2) is 24.8 Å². The largest absolute Gasteiger partial charge is 0.488 e. The van der Waals surface area contributed by atoms with Crippen LogP contribution < -0.4 is 4.74 Å². The zero-order chi connectivity index (χ0) is 12.8. The summed E-state index contributed by atoms with van der Waals surface area (Å²) in [6.07, 6.45) is 2.40. The van der Waals surface area contributed by atoms with Crippen molar-refractivity contribution in [1.29, 1.82) is 0 Å². The Morgan fingerprint density at radius 3 is 2.88 bits per heavy atom. The maximum atomic E-state index is 13.4. The molecule has 1 rings (SSSR count). The van der Waals surface area contributed by atoms with Gasteiger partial charge in [0.2, 0.25) is 6.29 Å². The highest BCUT2D eigenvalue weighted by Crippen LogP contribution is 2.28. The van der Waals surface area contributed by atoms with E-state index in [0.29, 0.717) is 0 Å². The van der Waals surface area contributed by atoms with Crippen molar-refractivity contribution in [2.75, 3.05) is 6.61 Å². The predicted octanol–water partition coefficient (Wildman–Crippen LogP) is 2.73. The predicted molar refractivity (Wildman–Crippen MR) is 61.7 cm³/mol. The van der Waals surface area contributed by atoms with E-state index in [1.807, 2.05) is 0 Å². The number of benzene rings is 1. The Labute approximate surface area is 103 Å². The van der Waals surface area contributed by atoms with Crippen molar-refractivity contribution in [3.63, 3.8) is 0 Å². The lowest BCUT2D eigenvalue weighted by Gasteiger charge is -2.08. The Bertz CT molecular complexity index is 457. The Balaban J connectivity index is 3.08. The number of hydrogen-bond acceptors (Lipinski definition) is 3. The van der Waals surface area contributed by atoms with E-state index < -0.39 is 18.0 Å². The second-order valence-electron chi connectivity index (χ2n) is 3.11. The molecule has 5 heteroatoms. The first kappa shape index (κ1) is 13.4. The molecule has 0 aromatic heterocycles. The van der Waals surface area contributed by atoms with Gasteiger partial charge in [-0.05, 0) is 12.1 Å². The zero-order valence-electron chi connectivity index (χ0n) is 8.83. The van der Waals surface area contributed by atoms with E-state index in [-0.39, 0.29) is 22.9 Å². The van der Waals surface area contributed by atoms with Crippen LogP contribution in [-0.4, -0.2) is 18.7 Å². The van der Waals surface area contributed by atoms with Crippen LogP contribution in [0.25, 0.3) is 0 Å². The highest BCUT2D eigenvalue weighted by Gasteiger charge is 2.15. The molecule has 0 saturated heterocycles. The van der Waals surface area contributed by atoms with Gasteiger partial charge in [-0.2, -0.15) is 0 Å². The number of ketones is 1. The van der Waals surface area contributed by atoms with Crippen LogP contribution in [0.3, 0.4) is 0 Å². The summed E-state index contributed by atoms with van der Waals surface area (Å²) in [5.41, 5.74) is -0.239. The molecule has 1 aromatic rings. The van der Waals surface area contributed by atoms with E-state index in [1.165, 1.54) is 18.4 Å². The van der Waals surface area contributed by atoms with Crippen LogP contribution in [0.5, 0.6) is 5.75 Å². The lowest BCUT2D eigenvalue weighted by atomic mass is 10.1. The van der Waals surface area contributed by atoms with Gasteiger partial charge in [0.25, 0.3) is 0 Å². The highest BCUT2D eigenvalue weighted by molar-refractivity contribution is 6.32. The normalized spacial score (nSPS) is 9.76. The molecule has 0 heterocycles. The van der Waals surface area contributed by atoms with Crippen molar-refractivity contribution in [2.45, 2.75) is 6.42 Å². The molecule has 0 saturated carbocycles. The van der Waals surface area contributed by atoms with Crippen molar-refractivity contribution in [3.8, 4) is 5.75 Å². The summed E-state index contributed by atoms with van der Waals surface area (Å²) in [5.74, 6) is -1.29. The molecule has 17 heavy (non-hydrogen) atoms. The quantitative estimate of drug-likeness (QED) is 0.446. The topological polar surface area (TPSA) is 43.4 Å². The van der Waals surface area contributed by atoms with Gasteiger partial charge in [-0.1, -0.05) is 24.3 Å². The number of halogens is 2. The molecule has 0 N–H and O–H groups in total. The first-order valence-electron chi connectivity index (χ1n) is 4.71. The fraction of sp³-hybridized carbons (Fsp3) is 0.167. The van der Waals surface area contributed by atoms with Gasteiger partial charge < -0.3 is 4.74 Å². The van der Waals surface area contributed by atoms with Crippen molar-refractivity contribution >= 4 is 23.7 Å². The SMILES string of the molecule is C=CCOc1cc(C(=O)C[C]=O)c(F)cc1Cl. The van der Waals surface area contributed by atoms with Crippen molar-refractivity contribution in [1.82, 2.24) is 0 Å². The Morgan fingerprint density at radius 1 is 1.59 bits per heavy atom. The Hall–Kier alpha value is -1.68. The average molecular weight is 256 g/mol. The van der Waals surface area contributed by atoms with Crippen molar-refractivity contribution in [3.05, 3.63) is 41.2 Å². The number of hydrogen-bond donors (Lipinski definition) is 0. The Kier molecular flexibility index (Phi) is 4.84. The summed E-state index contributed by atoms with van der Waals surface area (Å²) >= 11 is 5.73. The summed E-state index contributed by atoms with van der Waals surface area (Å²) < 4.78 is 18.6. The number of carbonyl (C=O) groups is 1. The van der Waals surface area contributed by atoms with E-state index in [0.717, 1.165) is 6.07 Å². The number of rotatable bonds is 6. The molecule has 89 valence electrons. The Morgan fingerprint density at radius 2 is 2.29 bits per heavy atom. The van der Waals surface area contributed by atoms with Gasteiger partial charge in [-0.25, -0.2) is 4.39 Å². The summed E-state index contributed by atoms with van der Waals surface area (Å²) in [6, 6.07) is 2.14. The standard InChI is InChI=1S/C12H9ClFO3/c1-2-5-17-12-6-8(11(16)3-4-15)10(14)7-9(12)13/h2,6-7H,1,3,5H2. The van der Waals surface area contributed by atoms with Crippen LogP contribution >= 0.6 is 11.6 Å². The maximum Gasteiger partial charge on any atom is 0.206 e. The number of carbonyl (C=O) groups excluding carboxylic acids is 2. The van der Waals surface area contributed by atoms with Gasteiger partial charge in [0.05, 0.1) is 17.0 Å². The van der Waals surface area contributed by atoms with Crippen LogP contribution in [-0.2, 0) is 4.79 Å². The fourth-order valence-electron chi connectivity index (χ4n) is 1.16. The van der Waals surface area contributed by atoms with Gasteiger partial charge in [-0.3, -0.25) is 9.59 Å². The van der Waals surface area contributed by atoms with Gasteiger partial charge in [0, 0.05) is 0 Å². The fourth-order valence-corrected chi connectivity index (χ4v) is 1.37. The third-order valence-corrected chi connectivity index (χ3v) is 2.21. The van der Waals surface area contributed by atoms with Gasteiger partial charge >= 0.3 is 0 Å². The van der Waals surface area contributed by atoms with Gasteiger partial charge in [0.1, 0.15) is 18.2 Å². The molecule has 0 amide bonds. The molecular weight excluding hydrogens is 247 g/mol. The van der Waals surface area contributed by atoms with Gasteiger partial charge in [-0.15, -0.1) is 0 Å². The third-order valence-electron chi connectivity index (χ3n) is 1.91. The summed E-state index contributed by atoms with van der Waals surface area (Å²) in [6.45, 7) is 3.63. The van der Waals surface area contributed by atoms with Crippen molar-refractivity contribution < 1.29 is 18.7 Å². The van der Waals surface area contributed by atoms with Crippen LogP contribution in [0, 0.1) is 5.82 Å².